The number of para-hydroxylation sites is 2. The number of fused-ring (bicyclic) bond motifs is 1. The number of rotatable bonds is 4. The number of nitrogens with one attached hydrogen (secondary N) is 1. The standard InChI is InChI=1S/C17H16ClNO5/c1-21-14-8-15(22-2)11(7-10(14)18)19-17(20)16-9-23-12-5-3-4-6-13(12)24-16/h3-8,16H,9H2,1-2H3,(H,19,20)/t16-/m1/s1. The Morgan fingerprint density at radius 1 is 1.17 bits per heavy atom. The molecule has 1 atom stereocenters. The molecule has 3 rings (SSSR count). The zero-order chi connectivity index (χ0) is 17.1. The van der Waals surface area contributed by atoms with Crippen LogP contribution in [0.2, 0.25) is 5.02 Å². The van der Waals surface area contributed by atoms with E-state index in [9.17, 15) is 4.79 Å². The number of hydrogen-bond donors (Lipinski definition) is 1. The first kappa shape index (κ1) is 16.3. The summed E-state index contributed by atoms with van der Waals surface area (Å²) >= 11 is 6.11. The van der Waals surface area contributed by atoms with Crippen LogP contribution in [0.5, 0.6) is 23.0 Å². The van der Waals surface area contributed by atoms with Gasteiger partial charge in [-0.1, -0.05) is 23.7 Å². The summed E-state index contributed by atoms with van der Waals surface area (Å²) < 4.78 is 21.6. The number of halogens is 1. The Bertz CT molecular complexity index is 765. The number of carbonyl (C=O) groups is 1. The van der Waals surface area contributed by atoms with Crippen molar-refractivity contribution in [1.82, 2.24) is 0 Å². The Labute approximate surface area is 144 Å². The summed E-state index contributed by atoms with van der Waals surface area (Å²) in [6.07, 6.45) is -0.773. The average Bonchev–Trinajstić information content (AvgIpc) is 2.61. The molecule has 0 fully saturated rings. The fourth-order valence-corrected chi connectivity index (χ4v) is 2.56. The van der Waals surface area contributed by atoms with Crippen molar-refractivity contribution in [2.75, 3.05) is 26.1 Å². The van der Waals surface area contributed by atoms with E-state index in [0.29, 0.717) is 33.7 Å². The molecule has 0 bridgehead atoms. The van der Waals surface area contributed by atoms with Gasteiger partial charge in [0.05, 0.1) is 24.9 Å². The third-order valence-corrected chi connectivity index (χ3v) is 3.83. The lowest BCUT2D eigenvalue weighted by Crippen LogP contribution is -2.40. The third kappa shape index (κ3) is 3.19. The van der Waals surface area contributed by atoms with Crippen LogP contribution in [-0.2, 0) is 4.79 Å². The molecule has 24 heavy (non-hydrogen) atoms. The minimum Gasteiger partial charge on any atom is -0.495 e. The lowest BCUT2D eigenvalue weighted by molar-refractivity contribution is -0.125. The molecule has 1 amide bonds. The Morgan fingerprint density at radius 3 is 2.58 bits per heavy atom. The maximum Gasteiger partial charge on any atom is 0.269 e. The van der Waals surface area contributed by atoms with Crippen molar-refractivity contribution < 1.29 is 23.7 Å². The minimum atomic E-state index is -0.773. The van der Waals surface area contributed by atoms with Gasteiger partial charge in [-0.15, -0.1) is 0 Å². The van der Waals surface area contributed by atoms with Gasteiger partial charge < -0.3 is 24.3 Å². The fourth-order valence-electron chi connectivity index (χ4n) is 2.32. The van der Waals surface area contributed by atoms with Crippen molar-refractivity contribution in [3.8, 4) is 23.0 Å². The Morgan fingerprint density at radius 2 is 1.88 bits per heavy atom. The molecular formula is C17H16ClNO5. The van der Waals surface area contributed by atoms with Crippen LogP contribution in [0.25, 0.3) is 0 Å². The van der Waals surface area contributed by atoms with Gasteiger partial charge in [-0.3, -0.25) is 4.79 Å². The molecule has 0 aromatic heterocycles. The number of hydrogen-bond acceptors (Lipinski definition) is 5. The Kier molecular flexibility index (Phi) is 4.66. The Hall–Kier alpha value is -2.60. The van der Waals surface area contributed by atoms with Crippen LogP contribution in [0.3, 0.4) is 0 Å². The number of anilines is 1. The molecule has 1 heterocycles. The lowest BCUT2D eigenvalue weighted by Gasteiger charge is -2.25. The van der Waals surface area contributed by atoms with E-state index in [2.05, 4.69) is 5.32 Å². The van der Waals surface area contributed by atoms with Crippen LogP contribution in [0, 0.1) is 0 Å². The van der Waals surface area contributed by atoms with Gasteiger partial charge in [0.1, 0.15) is 18.1 Å². The van der Waals surface area contributed by atoms with Gasteiger partial charge in [0, 0.05) is 6.07 Å². The van der Waals surface area contributed by atoms with Gasteiger partial charge in [-0.05, 0) is 18.2 Å². The number of amides is 1. The fraction of sp³-hybridized carbons (Fsp3) is 0.235. The molecule has 1 N–H and O–H groups in total. The summed E-state index contributed by atoms with van der Waals surface area (Å²) in [6.45, 7) is 0.120. The van der Waals surface area contributed by atoms with E-state index in [1.165, 1.54) is 14.2 Å². The molecule has 0 aliphatic carbocycles. The third-order valence-electron chi connectivity index (χ3n) is 3.53. The maximum atomic E-state index is 12.5. The van der Waals surface area contributed by atoms with E-state index in [0.717, 1.165) is 0 Å². The molecule has 126 valence electrons. The van der Waals surface area contributed by atoms with Gasteiger partial charge in [0.15, 0.2) is 11.5 Å². The SMILES string of the molecule is COc1cc(OC)c(NC(=O)[C@H]2COc3ccccc3O2)cc1Cl. The molecular weight excluding hydrogens is 334 g/mol. The zero-order valence-electron chi connectivity index (χ0n) is 13.2. The summed E-state index contributed by atoms with van der Waals surface area (Å²) in [5.74, 6) is 1.68. The molecule has 0 saturated heterocycles. The van der Waals surface area contributed by atoms with Crippen molar-refractivity contribution in [1.29, 1.82) is 0 Å². The predicted octanol–water partition coefficient (Wildman–Crippen LogP) is 3.14. The highest BCUT2D eigenvalue weighted by Gasteiger charge is 2.28. The smallest absolute Gasteiger partial charge is 0.269 e. The number of benzene rings is 2. The highest BCUT2D eigenvalue weighted by Crippen LogP contribution is 2.36. The van der Waals surface area contributed by atoms with Crippen molar-refractivity contribution in [2.24, 2.45) is 0 Å². The first-order chi connectivity index (χ1) is 11.6. The summed E-state index contributed by atoms with van der Waals surface area (Å²) in [6, 6.07) is 10.4. The van der Waals surface area contributed by atoms with Crippen LogP contribution < -0.4 is 24.3 Å². The van der Waals surface area contributed by atoms with Crippen LogP contribution in [0.4, 0.5) is 5.69 Å². The Balaban J connectivity index is 1.77. The average molecular weight is 350 g/mol. The van der Waals surface area contributed by atoms with Crippen molar-refractivity contribution in [3.63, 3.8) is 0 Å². The molecule has 0 saturated carbocycles. The summed E-state index contributed by atoms with van der Waals surface area (Å²) in [5, 5.41) is 3.11. The summed E-state index contributed by atoms with van der Waals surface area (Å²) in [4.78, 5) is 12.5. The van der Waals surface area contributed by atoms with E-state index >= 15 is 0 Å². The minimum absolute atomic E-state index is 0.120. The quantitative estimate of drug-likeness (QED) is 0.918. The molecule has 6 nitrogen and oxygen atoms in total. The maximum absolute atomic E-state index is 12.5. The second kappa shape index (κ2) is 6.88. The van der Waals surface area contributed by atoms with Gasteiger partial charge in [0.25, 0.3) is 5.91 Å². The number of methoxy groups -OCH3 is 2. The van der Waals surface area contributed by atoms with Gasteiger partial charge in [-0.2, -0.15) is 0 Å². The molecule has 0 radical (unpaired) electrons. The van der Waals surface area contributed by atoms with Crippen LogP contribution in [-0.4, -0.2) is 32.8 Å². The van der Waals surface area contributed by atoms with E-state index in [1.807, 2.05) is 12.1 Å². The molecule has 2 aromatic carbocycles. The van der Waals surface area contributed by atoms with Crippen molar-refractivity contribution in [2.45, 2.75) is 6.10 Å². The molecule has 7 heteroatoms. The van der Waals surface area contributed by atoms with E-state index in [4.69, 9.17) is 30.5 Å². The topological polar surface area (TPSA) is 66.0 Å². The highest BCUT2D eigenvalue weighted by molar-refractivity contribution is 6.32. The molecule has 1 aliphatic rings. The molecule has 2 aromatic rings. The van der Waals surface area contributed by atoms with Crippen molar-refractivity contribution in [3.05, 3.63) is 41.4 Å². The second-order valence-electron chi connectivity index (χ2n) is 5.04. The second-order valence-corrected chi connectivity index (χ2v) is 5.45. The molecule has 0 spiro atoms. The normalized spacial score (nSPS) is 15.5. The van der Waals surface area contributed by atoms with E-state index in [-0.39, 0.29) is 12.5 Å². The van der Waals surface area contributed by atoms with E-state index in [1.54, 1.807) is 24.3 Å². The van der Waals surface area contributed by atoms with Gasteiger partial charge in [0.2, 0.25) is 6.10 Å². The number of carbonyl (C=O) groups excluding carboxylic acids is 1. The first-order valence-electron chi connectivity index (χ1n) is 7.23. The van der Waals surface area contributed by atoms with Gasteiger partial charge >= 0.3 is 0 Å². The summed E-state index contributed by atoms with van der Waals surface area (Å²) in [7, 11) is 3.00. The molecule has 1 aliphatic heterocycles. The van der Waals surface area contributed by atoms with Crippen LogP contribution in [0.15, 0.2) is 36.4 Å². The zero-order valence-corrected chi connectivity index (χ0v) is 13.9. The number of ether oxygens (including phenoxy) is 4. The molecule has 0 unspecified atom stereocenters. The first-order valence-corrected chi connectivity index (χ1v) is 7.61. The van der Waals surface area contributed by atoms with Crippen LogP contribution >= 0.6 is 11.6 Å². The predicted molar refractivity (Wildman–Crippen MR) is 89.5 cm³/mol. The monoisotopic (exact) mass is 349 g/mol. The largest absolute Gasteiger partial charge is 0.495 e. The highest BCUT2D eigenvalue weighted by atomic mass is 35.5. The summed E-state index contributed by atoms with van der Waals surface area (Å²) in [5.41, 5.74) is 0.427. The van der Waals surface area contributed by atoms with Crippen molar-refractivity contribution >= 4 is 23.2 Å². The van der Waals surface area contributed by atoms with E-state index < -0.39 is 6.10 Å². The van der Waals surface area contributed by atoms with Gasteiger partial charge in [-0.25, -0.2) is 0 Å². The van der Waals surface area contributed by atoms with Crippen LogP contribution in [0.1, 0.15) is 0 Å². The lowest BCUT2D eigenvalue weighted by atomic mass is 10.2.